The van der Waals surface area contributed by atoms with E-state index in [9.17, 15) is 5.11 Å². The van der Waals surface area contributed by atoms with E-state index in [1.165, 1.54) is 0 Å². The molecule has 1 aliphatic heterocycles. The fraction of sp³-hybridized carbons (Fsp3) is 0.455. The molecule has 1 fully saturated rings. The first kappa shape index (κ1) is 16.0. The summed E-state index contributed by atoms with van der Waals surface area (Å²) in [7, 11) is 0. The zero-order chi connectivity index (χ0) is 10.0. The molecule has 0 aliphatic carbocycles. The van der Waals surface area contributed by atoms with Crippen LogP contribution < -0.4 is 5.73 Å². The Labute approximate surface area is 121 Å². The molecule has 0 amide bonds. The van der Waals surface area contributed by atoms with Crippen molar-refractivity contribution < 1.29 is 42.6 Å². The molecule has 1 radical (unpaired) electrons. The van der Waals surface area contributed by atoms with Crippen LogP contribution in [0.25, 0.3) is 0 Å². The van der Waals surface area contributed by atoms with E-state index < -0.39 is 5.60 Å². The standard InChI is InChI=1S/C10H14N2O2.CH3.Y/c11-9-7-8(1-4-12-9)10(13)2-5-14-6-3-10;;/h1,4,7,13H,2-3,5-6H2,(H2,11,12);1H3;/q;-1;. The Morgan fingerprint density at radius 2 is 2.00 bits per heavy atom. The van der Waals surface area contributed by atoms with Crippen LogP contribution in [0.3, 0.4) is 0 Å². The predicted molar refractivity (Wildman–Crippen MR) is 59.0 cm³/mol. The zero-order valence-electron chi connectivity index (χ0n) is 9.52. The Balaban J connectivity index is 0.00000112. The molecule has 2 rings (SSSR count). The fourth-order valence-corrected chi connectivity index (χ4v) is 1.74. The van der Waals surface area contributed by atoms with Gasteiger partial charge in [0.25, 0.3) is 0 Å². The van der Waals surface area contributed by atoms with E-state index >= 15 is 0 Å². The van der Waals surface area contributed by atoms with Crippen molar-refractivity contribution in [2.75, 3.05) is 18.9 Å². The molecule has 1 aromatic rings. The van der Waals surface area contributed by atoms with Gasteiger partial charge in [-0.3, -0.25) is 0 Å². The third-order valence-electron chi connectivity index (χ3n) is 2.64. The number of nitrogens with zero attached hydrogens (tertiary/aromatic N) is 1. The largest absolute Gasteiger partial charge is 0.385 e. The molecule has 0 spiro atoms. The minimum atomic E-state index is -0.782. The van der Waals surface area contributed by atoms with E-state index in [4.69, 9.17) is 10.5 Å². The maximum Gasteiger partial charge on any atom is 0.123 e. The van der Waals surface area contributed by atoms with E-state index in [0.717, 1.165) is 5.56 Å². The summed E-state index contributed by atoms with van der Waals surface area (Å²) in [5.41, 5.74) is 5.63. The fourth-order valence-electron chi connectivity index (χ4n) is 1.74. The van der Waals surface area contributed by atoms with Crippen LogP contribution in [0.4, 0.5) is 5.82 Å². The van der Waals surface area contributed by atoms with Gasteiger partial charge in [-0.2, -0.15) is 0 Å². The molecule has 2 heterocycles. The summed E-state index contributed by atoms with van der Waals surface area (Å²) in [6.07, 6.45) is 2.87. The van der Waals surface area contributed by atoms with Gasteiger partial charge in [-0.1, -0.05) is 0 Å². The molecule has 0 unspecified atom stereocenters. The minimum absolute atomic E-state index is 0. The second-order valence-electron chi connectivity index (χ2n) is 3.61. The number of rotatable bonds is 1. The van der Waals surface area contributed by atoms with Crippen LogP contribution in [-0.2, 0) is 43.0 Å². The van der Waals surface area contributed by atoms with Crippen molar-refractivity contribution >= 4 is 5.82 Å². The molecule has 0 aromatic carbocycles. The van der Waals surface area contributed by atoms with Crippen molar-refractivity contribution in [1.82, 2.24) is 4.98 Å². The molecular formula is C11H17N2O2Y-. The Kier molecular flexibility index (Phi) is 6.64. The van der Waals surface area contributed by atoms with E-state index in [-0.39, 0.29) is 40.1 Å². The Morgan fingerprint density at radius 1 is 1.38 bits per heavy atom. The molecule has 3 N–H and O–H groups in total. The predicted octanol–water partition coefficient (Wildman–Crippen LogP) is 1.11. The number of aromatic nitrogens is 1. The average Bonchev–Trinajstić information content (AvgIpc) is 2.19. The Morgan fingerprint density at radius 3 is 2.56 bits per heavy atom. The molecule has 16 heavy (non-hydrogen) atoms. The van der Waals surface area contributed by atoms with Crippen LogP contribution in [0.15, 0.2) is 18.3 Å². The van der Waals surface area contributed by atoms with Gasteiger partial charge in [0.2, 0.25) is 0 Å². The second-order valence-corrected chi connectivity index (χ2v) is 3.61. The summed E-state index contributed by atoms with van der Waals surface area (Å²) in [5.74, 6) is 0.447. The van der Waals surface area contributed by atoms with Gasteiger partial charge in [0.05, 0.1) is 5.60 Å². The van der Waals surface area contributed by atoms with Gasteiger partial charge in [0.1, 0.15) is 5.82 Å². The SMILES string of the molecule is Nc1cc(C2(O)CCOCC2)ccn1.[CH3-].[Y]. The van der Waals surface area contributed by atoms with Gasteiger partial charge in [-0.25, -0.2) is 4.98 Å². The quantitative estimate of drug-likeness (QED) is 0.762. The van der Waals surface area contributed by atoms with Gasteiger partial charge in [-0.05, 0) is 17.7 Å². The molecule has 0 atom stereocenters. The molecule has 1 saturated heterocycles. The summed E-state index contributed by atoms with van der Waals surface area (Å²) in [4.78, 5) is 3.90. The molecular weight excluding hydrogens is 281 g/mol. The van der Waals surface area contributed by atoms with Crippen LogP contribution in [0.5, 0.6) is 0 Å². The molecule has 1 aliphatic rings. The number of aliphatic hydroxyl groups is 1. The summed E-state index contributed by atoms with van der Waals surface area (Å²) in [6.45, 7) is 1.19. The third kappa shape index (κ3) is 3.49. The van der Waals surface area contributed by atoms with Gasteiger partial charge < -0.3 is 23.0 Å². The number of nitrogen functional groups attached to an aromatic ring is 1. The maximum atomic E-state index is 10.3. The normalized spacial score (nSPS) is 18.1. The average molecular weight is 298 g/mol. The van der Waals surface area contributed by atoms with Crippen molar-refractivity contribution in [3.8, 4) is 0 Å². The summed E-state index contributed by atoms with van der Waals surface area (Å²) < 4.78 is 5.21. The molecule has 87 valence electrons. The number of hydrogen-bond donors (Lipinski definition) is 2. The monoisotopic (exact) mass is 298 g/mol. The Hall–Kier alpha value is -0.0261. The van der Waals surface area contributed by atoms with E-state index in [1.54, 1.807) is 12.3 Å². The van der Waals surface area contributed by atoms with Gasteiger partial charge in [0.15, 0.2) is 0 Å². The Bertz CT molecular complexity index is 328. The van der Waals surface area contributed by atoms with Crippen molar-refractivity contribution in [3.63, 3.8) is 0 Å². The number of ether oxygens (including phenoxy) is 1. The first-order valence-electron chi connectivity index (χ1n) is 4.73. The maximum absolute atomic E-state index is 10.3. The van der Waals surface area contributed by atoms with E-state index in [0.29, 0.717) is 31.9 Å². The summed E-state index contributed by atoms with van der Waals surface area (Å²) >= 11 is 0. The molecule has 0 saturated carbocycles. The first-order chi connectivity index (χ1) is 6.71. The van der Waals surface area contributed by atoms with Crippen LogP contribution in [0.1, 0.15) is 18.4 Å². The van der Waals surface area contributed by atoms with E-state index in [2.05, 4.69) is 4.98 Å². The van der Waals surface area contributed by atoms with Gasteiger partial charge in [0, 0.05) is 65.0 Å². The topological polar surface area (TPSA) is 68.4 Å². The van der Waals surface area contributed by atoms with Crippen molar-refractivity contribution in [2.45, 2.75) is 18.4 Å². The van der Waals surface area contributed by atoms with Gasteiger partial charge >= 0.3 is 0 Å². The van der Waals surface area contributed by atoms with Crippen LogP contribution >= 0.6 is 0 Å². The zero-order valence-corrected chi connectivity index (χ0v) is 12.4. The molecule has 0 bridgehead atoms. The molecule has 5 heteroatoms. The van der Waals surface area contributed by atoms with Crippen molar-refractivity contribution in [2.24, 2.45) is 0 Å². The van der Waals surface area contributed by atoms with Gasteiger partial charge in [-0.15, -0.1) is 0 Å². The number of anilines is 1. The first-order valence-corrected chi connectivity index (χ1v) is 4.73. The minimum Gasteiger partial charge on any atom is -0.385 e. The van der Waals surface area contributed by atoms with Crippen molar-refractivity contribution in [3.05, 3.63) is 31.3 Å². The molecule has 1 aromatic heterocycles. The van der Waals surface area contributed by atoms with Crippen molar-refractivity contribution in [1.29, 1.82) is 0 Å². The third-order valence-corrected chi connectivity index (χ3v) is 2.64. The summed E-state index contributed by atoms with van der Waals surface area (Å²) in [5, 5.41) is 10.3. The second kappa shape index (κ2) is 6.65. The summed E-state index contributed by atoms with van der Waals surface area (Å²) in [6, 6.07) is 3.53. The van der Waals surface area contributed by atoms with Crippen LogP contribution in [0.2, 0.25) is 0 Å². The smallest absolute Gasteiger partial charge is 0.123 e. The number of hydrogen-bond acceptors (Lipinski definition) is 4. The van der Waals surface area contributed by atoms with Crippen LogP contribution in [0, 0.1) is 7.43 Å². The molecule has 4 nitrogen and oxygen atoms in total. The van der Waals surface area contributed by atoms with Crippen LogP contribution in [-0.4, -0.2) is 23.3 Å². The number of nitrogens with two attached hydrogens (primary N) is 1. The van der Waals surface area contributed by atoms with E-state index in [1.807, 2.05) is 6.07 Å². The number of pyridine rings is 1.